The molecular formula is C34H37NO6. The number of hydrogen-bond donors (Lipinski definition) is 1. The van der Waals surface area contributed by atoms with Gasteiger partial charge in [-0.15, -0.1) is 0 Å². The van der Waals surface area contributed by atoms with Gasteiger partial charge in [-0.25, -0.2) is 0 Å². The van der Waals surface area contributed by atoms with Crippen molar-refractivity contribution >= 4 is 17.4 Å². The number of Topliss-reactive ketones (excluding diaryl/α,β-unsaturated/α-hetero) is 1. The molecule has 2 heterocycles. The van der Waals surface area contributed by atoms with Crippen LogP contribution in [0.2, 0.25) is 0 Å². The molecule has 0 unspecified atom stereocenters. The van der Waals surface area contributed by atoms with Crippen molar-refractivity contribution in [2.24, 2.45) is 5.92 Å². The van der Waals surface area contributed by atoms with Gasteiger partial charge in [-0.2, -0.15) is 0 Å². The van der Waals surface area contributed by atoms with Crippen LogP contribution >= 0.6 is 0 Å². The van der Waals surface area contributed by atoms with Crippen molar-refractivity contribution in [2.75, 3.05) is 13.2 Å². The molecule has 2 atom stereocenters. The monoisotopic (exact) mass is 555 g/mol. The number of aliphatic hydroxyl groups excluding tert-OH is 1. The van der Waals surface area contributed by atoms with Gasteiger partial charge in [-0.1, -0.05) is 50.2 Å². The van der Waals surface area contributed by atoms with E-state index < -0.39 is 17.7 Å². The van der Waals surface area contributed by atoms with Gasteiger partial charge >= 0.3 is 0 Å². The Balaban J connectivity index is 1.60. The van der Waals surface area contributed by atoms with Crippen molar-refractivity contribution in [1.29, 1.82) is 0 Å². The highest BCUT2D eigenvalue weighted by atomic mass is 16.5. The van der Waals surface area contributed by atoms with Gasteiger partial charge in [0, 0.05) is 18.5 Å². The van der Waals surface area contributed by atoms with Crippen molar-refractivity contribution < 1.29 is 28.9 Å². The van der Waals surface area contributed by atoms with Gasteiger partial charge in [-0.05, 0) is 73.2 Å². The lowest BCUT2D eigenvalue weighted by atomic mass is 9.94. The van der Waals surface area contributed by atoms with Gasteiger partial charge in [0.15, 0.2) is 11.5 Å². The summed E-state index contributed by atoms with van der Waals surface area (Å²) in [6, 6.07) is 19.5. The third-order valence-corrected chi connectivity index (χ3v) is 7.44. The van der Waals surface area contributed by atoms with Crippen LogP contribution in [0.1, 0.15) is 62.4 Å². The number of carbonyl (C=O) groups excluding carboxylic acids is 2. The summed E-state index contributed by atoms with van der Waals surface area (Å²) in [7, 11) is 0. The number of benzene rings is 3. The number of aliphatic hydroxyl groups is 1. The van der Waals surface area contributed by atoms with Gasteiger partial charge < -0.3 is 24.2 Å². The molecule has 1 fully saturated rings. The van der Waals surface area contributed by atoms with Crippen LogP contribution in [0.15, 0.2) is 72.3 Å². The molecule has 5 rings (SSSR count). The first kappa shape index (κ1) is 28.3. The summed E-state index contributed by atoms with van der Waals surface area (Å²) in [6.45, 7) is 9.33. The minimum atomic E-state index is -0.817. The molecular weight excluding hydrogens is 518 g/mol. The quantitative estimate of drug-likeness (QED) is 0.176. The summed E-state index contributed by atoms with van der Waals surface area (Å²) >= 11 is 0. The van der Waals surface area contributed by atoms with Crippen molar-refractivity contribution in [1.82, 2.24) is 4.90 Å². The molecule has 2 aliphatic rings. The average Bonchev–Trinajstić information content (AvgIpc) is 3.45. The molecule has 7 heteroatoms. The molecule has 0 aliphatic carbocycles. The van der Waals surface area contributed by atoms with Crippen LogP contribution in [-0.4, -0.2) is 41.0 Å². The Labute approximate surface area is 241 Å². The molecule has 0 aromatic heterocycles. The zero-order valence-corrected chi connectivity index (χ0v) is 24.1. The second-order valence-electron chi connectivity index (χ2n) is 11.0. The summed E-state index contributed by atoms with van der Waals surface area (Å²) in [5.74, 6) is 0.812. The van der Waals surface area contributed by atoms with E-state index in [-0.39, 0.29) is 24.0 Å². The van der Waals surface area contributed by atoms with Crippen LogP contribution in [0.4, 0.5) is 0 Å². The van der Waals surface area contributed by atoms with E-state index in [1.54, 1.807) is 12.1 Å². The molecule has 2 aliphatic heterocycles. The maximum atomic E-state index is 13.6. The summed E-state index contributed by atoms with van der Waals surface area (Å²) in [6.07, 6.45) is 1.64. The van der Waals surface area contributed by atoms with Crippen molar-refractivity contribution in [2.45, 2.75) is 59.2 Å². The van der Waals surface area contributed by atoms with Gasteiger partial charge in [-0.3, -0.25) is 9.59 Å². The largest absolute Gasteiger partial charge is 0.507 e. The van der Waals surface area contributed by atoms with Crippen LogP contribution in [0.5, 0.6) is 17.2 Å². The maximum absolute atomic E-state index is 13.6. The number of nitrogens with zero attached hydrogens (tertiary/aromatic N) is 1. The van der Waals surface area contributed by atoms with Crippen LogP contribution in [-0.2, 0) is 22.6 Å². The van der Waals surface area contributed by atoms with Gasteiger partial charge in [0.05, 0.1) is 24.8 Å². The molecule has 7 nitrogen and oxygen atoms in total. The topological polar surface area (TPSA) is 85.3 Å². The van der Waals surface area contributed by atoms with E-state index >= 15 is 0 Å². The second-order valence-corrected chi connectivity index (χ2v) is 11.0. The zero-order chi connectivity index (χ0) is 29.1. The fourth-order valence-corrected chi connectivity index (χ4v) is 5.38. The minimum Gasteiger partial charge on any atom is -0.507 e. The van der Waals surface area contributed by atoms with Crippen molar-refractivity contribution in [3.05, 3.63) is 94.6 Å². The van der Waals surface area contributed by atoms with Crippen LogP contribution in [0, 0.1) is 5.92 Å². The highest BCUT2D eigenvalue weighted by Crippen LogP contribution is 2.43. The Bertz CT molecular complexity index is 1460. The summed E-state index contributed by atoms with van der Waals surface area (Å²) in [5, 5.41) is 11.6. The van der Waals surface area contributed by atoms with Crippen molar-refractivity contribution in [3.8, 4) is 17.2 Å². The molecule has 3 aromatic carbocycles. The Morgan fingerprint density at radius 3 is 2.54 bits per heavy atom. The van der Waals surface area contributed by atoms with Gasteiger partial charge in [0.25, 0.3) is 11.7 Å². The summed E-state index contributed by atoms with van der Waals surface area (Å²) in [5.41, 5.74) is 3.01. The smallest absolute Gasteiger partial charge is 0.295 e. The number of likely N-dealkylation sites (tertiary alicyclic amines) is 1. The summed E-state index contributed by atoms with van der Waals surface area (Å²) < 4.78 is 17.8. The number of ether oxygens (including phenoxy) is 3. The third kappa shape index (κ3) is 5.94. The highest BCUT2D eigenvalue weighted by molar-refractivity contribution is 6.46. The van der Waals surface area contributed by atoms with Gasteiger partial charge in [0.1, 0.15) is 17.6 Å². The van der Waals surface area contributed by atoms with Crippen LogP contribution in [0.3, 0.4) is 0 Å². The molecule has 0 bridgehead atoms. The SMILES string of the molecule is CCOc1cc([C@H]2/C(=C(\O)c3ccc4c(c3)C[C@H](C)O4)C(=O)C(=O)N2Cc2ccccc2)ccc1OCCC(C)C. The molecule has 3 aromatic rings. The lowest BCUT2D eigenvalue weighted by molar-refractivity contribution is -0.140. The van der Waals surface area contributed by atoms with Crippen molar-refractivity contribution in [3.63, 3.8) is 0 Å². The standard InChI is InChI=1S/C34H37NO6/c1-5-39-29-19-24(11-14-28(29)40-16-15-21(2)3)31-30(32(36)25-12-13-27-26(18-25)17-22(4)41-27)33(37)34(38)35(31)20-23-9-7-6-8-10-23/h6-14,18-19,21-22,31,36H,5,15-17,20H2,1-4H3/b32-30+/t22-,31-/m0/s1. The first-order valence-electron chi connectivity index (χ1n) is 14.3. The molecule has 1 N–H and O–H groups in total. The van der Waals surface area contributed by atoms with E-state index in [2.05, 4.69) is 13.8 Å². The average molecular weight is 556 g/mol. The highest BCUT2D eigenvalue weighted by Gasteiger charge is 2.46. The second kappa shape index (κ2) is 12.1. The van der Waals surface area contributed by atoms with E-state index in [0.29, 0.717) is 48.2 Å². The van der Waals surface area contributed by atoms with E-state index in [1.807, 2.05) is 68.4 Å². The van der Waals surface area contributed by atoms with E-state index in [0.717, 1.165) is 23.3 Å². The summed E-state index contributed by atoms with van der Waals surface area (Å²) in [4.78, 5) is 28.6. The molecule has 0 spiro atoms. The molecule has 214 valence electrons. The normalized spacial score (nSPS) is 19.4. The molecule has 1 saturated heterocycles. The van der Waals surface area contributed by atoms with E-state index in [1.165, 1.54) is 4.90 Å². The minimum absolute atomic E-state index is 0.0390. The predicted octanol–water partition coefficient (Wildman–Crippen LogP) is 6.46. The predicted molar refractivity (Wildman–Crippen MR) is 157 cm³/mol. The molecule has 0 saturated carbocycles. The van der Waals surface area contributed by atoms with Gasteiger partial charge in [0.2, 0.25) is 0 Å². The number of rotatable bonds is 10. The van der Waals surface area contributed by atoms with Crippen LogP contribution < -0.4 is 14.2 Å². The molecule has 0 radical (unpaired) electrons. The van der Waals surface area contributed by atoms with Crippen LogP contribution in [0.25, 0.3) is 5.76 Å². The zero-order valence-electron chi connectivity index (χ0n) is 24.1. The molecule has 1 amide bonds. The number of hydrogen-bond acceptors (Lipinski definition) is 6. The Kier molecular flexibility index (Phi) is 8.34. The fraction of sp³-hybridized carbons (Fsp3) is 0.353. The number of ketones is 1. The lowest BCUT2D eigenvalue weighted by Crippen LogP contribution is -2.29. The fourth-order valence-electron chi connectivity index (χ4n) is 5.38. The Morgan fingerprint density at radius 1 is 1.02 bits per heavy atom. The van der Waals surface area contributed by atoms with E-state index in [9.17, 15) is 14.7 Å². The molecule has 41 heavy (non-hydrogen) atoms. The first-order chi connectivity index (χ1) is 19.8. The number of fused-ring (bicyclic) bond motifs is 1. The first-order valence-corrected chi connectivity index (χ1v) is 14.3. The Hall–Kier alpha value is -4.26. The number of carbonyl (C=O) groups is 2. The maximum Gasteiger partial charge on any atom is 0.295 e. The third-order valence-electron chi connectivity index (χ3n) is 7.44. The van der Waals surface area contributed by atoms with E-state index in [4.69, 9.17) is 14.2 Å². The number of amides is 1. The Morgan fingerprint density at radius 2 is 1.80 bits per heavy atom. The lowest BCUT2D eigenvalue weighted by Gasteiger charge is -2.26.